The van der Waals surface area contributed by atoms with Crippen molar-refractivity contribution in [2.24, 2.45) is 0 Å². The lowest BCUT2D eigenvalue weighted by Crippen LogP contribution is -2.12. The van der Waals surface area contributed by atoms with Crippen LogP contribution in [0.15, 0.2) is 33.8 Å². The second kappa shape index (κ2) is 4.24. The number of H-pyrrole nitrogens is 1. The lowest BCUT2D eigenvalue weighted by molar-refractivity contribution is 1.08. The Morgan fingerprint density at radius 2 is 2.25 bits per heavy atom. The van der Waals surface area contributed by atoms with Crippen molar-refractivity contribution >= 4 is 15.9 Å². The molecule has 0 aliphatic heterocycles. The first-order valence-corrected chi connectivity index (χ1v) is 5.12. The maximum absolute atomic E-state index is 11.4. The van der Waals surface area contributed by atoms with Crippen molar-refractivity contribution in [3.63, 3.8) is 0 Å². The van der Waals surface area contributed by atoms with E-state index in [1.165, 1.54) is 6.20 Å². The quantitative estimate of drug-likeness (QED) is 0.855. The third kappa shape index (κ3) is 1.85. The van der Waals surface area contributed by atoms with E-state index in [9.17, 15) is 4.79 Å². The Balaban J connectivity index is 2.60. The minimum atomic E-state index is -0.468. The first-order valence-electron chi connectivity index (χ1n) is 4.32. The van der Waals surface area contributed by atoms with Gasteiger partial charge in [-0.25, -0.2) is 4.98 Å². The van der Waals surface area contributed by atoms with Crippen molar-refractivity contribution in [1.29, 1.82) is 5.26 Å². The maximum atomic E-state index is 11.4. The van der Waals surface area contributed by atoms with Crippen molar-refractivity contribution in [3.05, 3.63) is 44.9 Å². The molecule has 2 rings (SSSR count). The van der Waals surface area contributed by atoms with E-state index >= 15 is 0 Å². The van der Waals surface area contributed by atoms with Crippen LogP contribution in [-0.2, 0) is 0 Å². The molecule has 5 nitrogen and oxygen atoms in total. The highest BCUT2D eigenvalue weighted by Gasteiger charge is 2.08. The number of aromatic nitrogens is 3. The Labute approximate surface area is 98.9 Å². The zero-order valence-corrected chi connectivity index (χ0v) is 9.52. The molecule has 2 heterocycles. The van der Waals surface area contributed by atoms with Crippen molar-refractivity contribution in [2.75, 3.05) is 0 Å². The second-order valence-corrected chi connectivity index (χ2v) is 3.77. The third-order valence-electron chi connectivity index (χ3n) is 1.90. The van der Waals surface area contributed by atoms with Gasteiger partial charge in [0.25, 0.3) is 5.56 Å². The number of nitriles is 1. The van der Waals surface area contributed by atoms with Gasteiger partial charge in [-0.3, -0.25) is 9.78 Å². The first-order chi connectivity index (χ1) is 7.72. The molecule has 0 amide bonds. The van der Waals surface area contributed by atoms with Gasteiger partial charge in [-0.15, -0.1) is 0 Å². The van der Waals surface area contributed by atoms with Gasteiger partial charge in [0.15, 0.2) is 5.82 Å². The minimum Gasteiger partial charge on any atom is -0.304 e. The molecule has 0 aliphatic carbocycles. The molecule has 0 aromatic carbocycles. The molecule has 0 unspecified atom stereocenters. The molecular weight excluding hydrogens is 272 g/mol. The highest BCUT2D eigenvalue weighted by Crippen LogP contribution is 2.21. The zero-order chi connectivity index (χ0) is 11.5. The minimum absolute atomic E-state index is 0.0178. The van der Waals surface area contributed by atoms with Gasteiger partial charge < -0.3 is 4.98 Å². The highest BCUT2D eigenvalue weighted by molar-refractivity contribution is 9.10. The molecule has 1 N–H and O–H groups in total. The number of pyridine rings is 1. The number of rotatable bonds is 1. The molecule has 6 heteroatoms. The molecule has 78 valence electrons. The fourth-order valence-corrected chi connectivity index (χ4v) is 1.60. The summed E-state index contributed by atoms with van der Waals surface area (Å²) in [6, 6.07) is 5.30. The average molecular weight is 277 g/mol. The summed E-state index contributed by atoms with van der Waals surface area (Å²) < 4.78 is 0.725. The Hall–Kier alpha value is -2.00. The summed E-state index contributed by atoms with van der Waals surface area (Å²) in [4.78, 5) is 22.0. The molecule has 0 bridgehead atoms. The maximum Gasteiger partial charge on any atom is 0.269 e. The number of hydrogen-bond donors (Lipinski definition) is 1. The summed E-state index contributed by atoms with van der Waals surface area (Å²) in [5.74, 6) is 0.330. The summed E-state index contributed by atoms with van der Waals surface area (Å²) in [5.41, 5.74) is 0.0462. The number of hydrogen-bond acceptors (Lipinski definition) is 4. The van der Waals surface area contributed by atoms with E-state index in [1.807, 2.05) is 0 Å². The molecule has 0 atom stereocenters. The summed E-state index contributed by atoms with van der Waals surface area (Å²) >= 11 is 3.30. The molecular formula is C10H5BrN4O. The van der Waals surface area contributed by atoms with E-state index in [4.69, 9.17) is 5.26 Å². The van der Waals surface area contributed by atoms with Gasteiger partial charge in [-0.2, -0.15) is 5.26 Å². The SMILES string of the molecule is N#Cc1cnc(-c2ncccc2Br)[nH]c1=O. The monoisotopic (exact) mass is 276 g/mol. The lowest BCUT2D eigenvalue weighted by atomic mass is 10.3. The van der Waals surface area contributed by atoms with E-state index in [-0.39, 0.29) is 5.56 Å². The topological polar surface area (TPSA) is 82.4 Å². The van der Waals surface area contributed by atoms with Gasteiger partial charge in [-0.1, -0.05) is 0 Å². The van der Waals surface area contributed by atoms with Crippen molar-refractivity contribution in [1.82, 2.24) is 15.0 Å². The Morgan fingerprint density at radius 3 is 2.88 bits per heavy atom. The van der Waals surface area contributed by atoms with Crippen LogP contribution in [0.2, 0.25) is 0 Å². The van der Waals surface area contributed by atoms with Crippen molar-refractivity contribution < 1.29 is 0 Å². The van der Waals surface area contributed by atoms with E-state index in [0.29, 0.717) is 11.5 Å². The molecule has 0 radical (unpaired) electrons. The van der Waals surface area contributed by atoms with Crippen LogP contribution in [0.25, 0.3) is 11.5 Å². The summed E-state index contributed by atoms with van der Waals surface area (Å²) in [5, 5.41) is 8.60. The Morgan fingerprint density at radius 1 is 1.44 bits per heavy atom. The average Bonchev–Trinajstić information content (AvgIpc) is 2.29. The number of nitrogens with one attached hydrogen (secondary N) is 1. The van der Waals surface area contributed by atoms with E-state index in [0.717, 1.165) is 4.47 Å². The second-order valence-electron chi connectivity index (χ2n) is 2.92. The fourth-order valence-electron chi connectivity index (χ4n) is 1.15. The molecule has 2 aromatic rings. The van der Waals surface area contributed by atoms with E-state index in [1.54, 1.807) is 24.4 Å². The van der Waals surface area contributed by atoms with Crippen LogP contribution in [0.3, 0.4) is 0 Å². The van der Waals surface area contributed by atoms with Gasteiger partial charge in [0.05, 0.1) is 6.20 Å². The first kappa shape index (κ1) is 10.5. The number of halogens is 1. The predicted octanol–water partition coefficient (Wildman–Crippen LogP) is 1.47. The van der Waals surface area contributed by atoms with Crippen LogP contribution in [0.5, 0.6) is 0 Å². The Bertz CT molecular complexity index is 629. The van der Waals surface area contributed by atoms with Crippen molar-refractivity contribution in [2.45, 2.75) is 0 Å². The van der Waals surface area contributed by atoms with Gasteiger partial charge in [0.2, 0.25) is 0 Å². The number of aromatic amines is 1. The molecule has 0 saturated heterocycles. The van der Waals surface area contributed by atoms with E-state index in [2.05, 4.69) is 30.9 Å². The predicted molar refractivity (Wildman–Crippen MR) is 60.5 cm³/mol. The summed E-state index contributed by atoms with van der Waals surface area (Å²) in [7, 11) is 0. The molecule has 0 saturated carbocycles. The molecule has 0 fully saturated rings. The van der Waals surface area contributed by atoms with Crippen LogP contribution in [-0.4, -0.2) is 15.0 Å². The zero-order valence-electron chi connectivity index (χ0n) is 7.94. The van der Waals surface area contributed by atoms with Crippen LogP contribution in [0.4, 0.5) is 0 Å². The largest absolute Gasteiger partial charge is 0.304 e. The fraction of sp³-hybridized carbons (Fsp3) is 0. The van der Waals surface area contributed by atoms with Crippen molar-refractivity contribution in [3.8, 4) is 17.6 Å². The van der Waals surface area contributed by atoms with Gasteiger partial charge in [0, 0.05) is 10.7 Å². The lowest BCUT2D eigenvalue weighted by Gasteiger charge is -2.01. The van der Waals surface area contributed by atoms with Crippen LogP contribution in [0.1, 0.15) is 5.56 Å². The highest BCUT2D eigenvalue weighted by atomic mass is 79.9. The summed E-state index contributed by atoms with van der Waals surface area (Å²) in [6.07, 6.45) is 2.83. The van der Waals surface area contributed by atoms with Crippen LogP contribution in [0, 0.1) is 11.3 Å². The Kier molecular flexibility index (Phi) is 2.79. The summed E-state index contributed by atoms with van der Waals surface area (Å²) in [6.45, 7) is 0. The van der Waals surface area contributed by atoms with Gasteiger partial charge in [0.1, 0.15) is 17.3 Å². The van der Waals surface area contributed by atoms with Crippen LogP contribution >= 0.6 is 15.9 Å². The third-order valence-corrected chi connectivity index (χ3v) is 2.54. The molecule has 0 aliphatic rings. The van der Waals surface area contributed by atoms with Gasteiger partial charge in [-0.05, 0) is 28.1 Å². The van der Waals surface area contributed by atoms with E-state index < -0.39 is 5.56 Å². The van der Waals surface area contributed by atoms with Crippen LogP contribution < -0.4 is 5.56 Å². The standard InChI is InChI=1S/C10H5BrN4O/c11-7-2-1-3-13-8(7)9-14-5-6(4-12)10(16)15-9/h1-3,5H,(H,14,15,16). The molecule has 16 heavy (non-hydrogen) atoms. The van der Waals surface area contributed by atoms with Gasteiger partial charge >= 0.3 is 0 Å². The molecule has 0 spiro atoms. The normalized spacial score (nSPS) is 9.75. The molecule has 2 aromatic heterocycles. The number of nitrogens with zero attached hydrogens (tertiary/aromatic N) is 3. The smallest absolute Gasteiger partial charge is 0.269 e.